The maximum absolute atomic E-state index is 13.7. The van der Waals surface area contributed by atoms with Gasteiger partial charge in [0.25, 0.3) is 5.91 Å². The average molecular weight is 599 g/mol. The van der Waals surface area contributed by atoms with E-state index in [9.17, 15) is 9.18 Å². The van der Waals surface area contributed by atoms with Gasteiger partial charge in [-0.2, -0.15) is 5.10 Å². The SMILES string of the molecule is O=C(CSc1cn(Cc2ccccc2)c2ccccc12)N1N=C(c2ccc(Br)cc2)CC1c1ccc(F)cc1. The van der Waals surface area contributed by atoms with E-state index < -0.39 is 0 Å². The first-order valence-electron chi connectivity index (χ1n) is 12.7. The summed E-state index contributed by atoms with van der Waals surface area (Å²) in [6.07, 6.45) is 2.70. The highest BCUT2D eigenvalue weighted by molar-refractivity contribution is 9.10. The number of fused-ring (bicyclic) bond motifs is 1. The molecular formula is C32H25BrFN3OS. The van der Waals surface area contributed by atoms with E-state index in [1.54, 1.807) is 17.1 Å². The number of nitrogens with zero attached hydrogens (tertiary/aromatic N) is 3. The van der Waals surface area contributed by atoms with E-state index >= 15 is 0 Å². The van der Waals surface area contributed by atoms with Gasteiger partial charge in [0.05, 0.1) is 17.5 Å². The molecule has 0 fully saturated rings. The largest absolute Gasteiger partial charge is 0.342 e. The molecule has 5 aromatic rings. The van der Waals surface area contributed by atoms with E-state index in [-0.39, 0.29) is 23.5 Å². The Morgan fingerprint density at radius 2 is 1.64 bits per heavy atom. The lowest BCUT2D eigenvalue weighted by Crippen LogP contribution is -2.28. The highest BCUT2D eigenvalue weighted by Gasteiger charge is 2.33. The molecule has 2 heterocycles. The number of carbonyl (C=O) groups is 1. The first-order chi connectivity index (χ1) is 19.0. The van der Waals surface area contributed by atoms with Crippen molar-refractivity contribution < 1.29 is 9.18 Å². The van der Waals surface area contributed by atoms with Crippen LogP contribution in [0.2, 0.25) is 0 Å². The molecule has 1 aliphatic rings. The number of aromatic nitrogens is 1. The van der Waals surface area contributed by atoms with E-state index in [2.05, 4.69) is 51.0 Å². The molecule has 39 heavy (non-hydrogen) atoms. The number of carbonyl (C=O) groups excluding carboxylic acids is 1. The summed E-state index contributed by atoms with van der Waals surface area (Å²) in [4.78, 5) is 14.7. The Kier molecular flexibility index (Phi) is 7.35. The van der Waals surface area contributed by atoms with Crippen molar-refractivity contribution in [3.63, 3.8) is 0 Å². The third-order valence-corrected chi connectivity index (χ3v) is 8.45. The summed E-state index contributed by atoms with van der Waals surface area (Å²) in [5.74, 6) is -0.138. The quantitative estimate of drug-likeness (QED) is 0.178. The van der Waals surface area contributed by atoms with Gasteiger partial charge in [-0.15, -0.1) is 11.8 Å². The summed E-state index contributed by atoms with van der Waals surface area (Å²) in [6, 6.07) is 32.6. The van der Waals surface area contributed by atoms with Crippen molar-refractivity contribution in [1.82, 2.24) is 9.58 Å². The molecule has 0 aliphatic carbocycles. The molecular weight excluding hydrogens is 573 g/mol. The van der Waals surface area contributed by atoms with Crippen LogP contribution in [0.5, 0.6) is 0 Å². The number of thioether (sulfide) groups is 1. The molecule has 7 heteroatoms. The molecule has 0 saturated heterocycles. The molecule has 4 nitrogen and oxygen atoms in total. The standard InChI is InChI=1S/C32H25BrFN3OS/c33-25-14-10-23(11-15-25)28-18-30(24-12-16-26(34)17-13-24)37(35-28)32(38)21-39-31-20-36(19-22-6-2-1-3-7-22)29-9-5-4-8-27(29)31/h1-17,20,30H,18-19,21H2. The first kappa shape index (κ1) is 25.6. The van der Waals surface area contributed by atoms with E-state index in [0.29, 0.717) is 6.42 Å². The number of hydrazone groups is 1. The summed E-state index contributed by atoms with van der Waals surface area (Å²) < 4.78 is 16.9. The van der Waals surface area contributed by atoms with Gasteiger partial charge in [-0.3, -0.25) is 4.79 Å². The molecule has 0 bridgehead atoms. The van der Waals surface area contributed by atoms with Gasteiger partial charge in [-0.05, 0) is 47.0 Å². The number of para-hydroxylation sites is 1. The van der Waals surface area contributed by atoms with Gasteiger partial charge in [0.1, 0.15) is 5.82 Å². The summed E-state index contributed by atoms with van der Waals surface area (Å²) >= 11 is 5.01. The molecule has 1 unspecified atom stereocenters. The minimum absolute atomic E-state index is 0.0821. The lowest BCUT2D eigenvalue weighted by molar-refractivity contribution is -0.130. The third kappa shape index (κ3) is 5.56. The number of halogens is 2. The minimum Gasteiger partial charge on any atom is -0.342 e. The summed E-state index contributed by atoms with van der Waals surface area (Å²) in [6.45, 7) is 0.759. The molecule has 0 N–H and O–H groups in total. The van der Waals surface area contributed by atoms with Gasteiger partial charge in [0.2, 0.25) is 0 Å². The molecule has 194 valence electrons. The van der Waals surface area contributed by atoms with Gasteiger partial charge >= 0.3 is 0 Å². The molecule has 1 aliphatic heterocycles. The summed E-state index contributed by atoms with van der Waals surface area (Å²) in [7, 11) is 0. The van der Waals surface area contributed by atoms with E-state index in [0.717, 1.165) is 43.7 Å². The second-order valence-corrected chi connectivity index (χ2v) is 11.4. The van der Waals surface area contributed by atoms with Crippen LogP contribution < -0.4 is 0 Å². The predicted molar refractivity (Wildman–Crippen MR) is 159 cm³/mol. The van der Waals surface area contributed by atoms with E-state index in [1.807, 2.05) is 54.6 Å². The minimum atomic E-state index is -0.300. The van der Waals surface area contributed by atoms with Gasteiger partial charge < -0.3 is 4.57 Å². The van der Waals surface area contributed by atoms with Crippen molar-refractivity contribution >= 4 is 50.2 Å². The molecule has 0 radical (unpaired) electrons. The fourth-order valence-electron chi connectivity index (χ4n) is 4.95. The Balaban J connectivity index is 1.26. The Bertz CT molecular complexity index is 1650. The highest BCUT2D eigenvalue weighted by atomic mass is 79.9. The van der Waals surface area contributed by atoms with Crippen LogP contribution in [0.15, 0.2) is 124 Å². The van der Waals surface area contributed by atoms with Crippen molar-refractivity contribution in [1.29, 1.82) is 0 Å². The zero-order valence-corrected chi connectivity index (χ0v) is 23.4. The molecule has 1 amide bonds. The van der Waals surface area contributed by atoms with Crippen molar-refractivity contribution in [2.24, 2.45) is 5.10 Å². The zero-order chi connectivity index (χ0) is 26.8. The summed E-state index contributed by atoms with van der Waals surface area (Å²) in [5, 5.41) is 7.49. The fraction of sp³-hybridized carbons (Fsp3) is 0.125. The molecule has 0 saturated carbocycles. The number of rotatable bonds is 7. The molecule has 4 aromatic carbocycles. The maximum atomic E-state index is 13.7. The van der Waals surface area contributed by atoms with Crippen LogP contribution in [-0.4, -0.2) is 26.9 Å². The Labute approximate surface area is 239 Å². The number of benzene rings is 4. The lowest BCUT2D eigenvalue weighted by Gasteiger charge is -2.22. The maximum Gasteiger partial charge on any atom is 0.253 e. The molecule has 1 aromatic heterocycles. The summed E-state index contributed by atoms with van der Waals surface area (Å²) in [5.41, 5.74) is 5.04. The third-order valence-electron chi connectivity index (χ3n) is 6.90. The van der Waals surface area contributed by atoms with E-state index in [4.69, 9.17) is 5.10 Å². The van der Waals surface area contributed by atoms with Gasteiger partial charge in [0, 0.05) is 39.4 Å². The Morgan fingerprint density at radius 1 is 0.923 bits per heavy atom. The Hall–Kier alpha value is -3.68. The topological polar surface area (TPSA) is 37.6 Å². The van der Waals surface area contributed by atoms with Crippen LogP contribution >= 0.6 is 27.7 Å². The fourth-order valence-corrected chi connectivity index (χ4v) is 6.15. The second-order valence-electron chi connectivity index (χ2n) is 9.48. The van der Waals surface area contributed by atoms with Gasteiger partial charge in [-0.25, -0.2) is 9.40 Å². The predicted octanol–water partition coefficient (Wildman–Crippen LogP) is 8.06. The normalized spacial score (nSPS) is 15.1. The molecule has 6 rings (SSSR count). The van der Waals surface area contributed by atoms with Gasteiger partial charge in [-0.1, -0.05) is 88.7 Å². The van der Waals surface area contributed by atoms with Crippen molar-refractivity contribution in [3.8, 4) is 0 Å². The van der Waals surface area contributed by atoms with Crippen LogP contribution in [-0.2, 0) is 11.3 Å². The average Bonchev–Trinajstić information content (AvgIpc) is 3.56. The van der Waals surface area contributed by atoms with Crippen LogP contribution in [0.1, 0.15) is 29.2 Å². The van der Waals surface area contributed by atoms with Crippen molar-refractivity contribution in [2.45, 2.75) is 23.9 Å². The van der Waals surface area contributed by atoms with Crippen molar-refractivity contribution in [3.05, 3.63) is 136 Å². The van der Waals surface area contributed by atoms with E-state index in [1.165, 1.54) is 29.5 Å². The smallest absolute Gasteiger partial charge is 0.253 e. The Morgan fingerprint density at radius 3 is 2.41 bits per heavy atom. The second kappa shape index (κ2) is 11.2. The van der Waals surface area contributed by atoms with Crippen LogP contribution in [0.25, 0.3) is 10.9 Å². The number of hydrogen-bond donors (Lipinski definition) is 0. The first-order valence-corrected chi connectivity index (χ1v) is 14.5. The van der Waals surface area contributed by atoms with Crippen molar-refractivity contribution in [2.75, 3.05) is 5.75 Å². The monoisotopic (exact) mass is 597 g/mol. The van der Waals surface area contributed by atoms with Crippen LogP contribution in [0, 0.1) is 5.82 Å². The number of amides is 1. The van der Waals surface area contributed by atoms with Crippen LogP contribution in [0.3, 0.4) is 0 Å². The van der Waals surface area contributed by atoms with Gasteiger partial charge in [0.15, 0.2) is 0 Å². The molecule has 1 atom stereocenters. The number of hydrogen-bond acceptors (Lipinski definition) is 3. The van der Waals surface area contributed by atoms with Crippen LogP contribution in [0.4, 0.5) is 4.39 Å². The lowest BCUT2D eigenvalue weighted by atomic mass is 9.98. The molecule has 0 spiro atoms. The highest BCUT2D eigenvalue weighted by Crippen LogP contribution is 2.36. The zero-order valence-electron chi connectivity index (χ0n) is 21.0.